The van der Waals surface area contributed by atoms with Gasteiger partial charge in [-0.05, 0) is 18.2 Å². The van der Waals surface area contributed by atoms with Crippen LogP contribution in [0.3, 0.4) is 0 Å². The predicted molar refractivity (Wildman–Crippen MR) is 63.9 cm³/mol. The van der Waals surface area contributed by atoms with Gasteiger partial charge in [-0.1, -0.05) is 0 Å². The SMILES string of the molecule is COCC(O)CNS(=O)(=O)c1ccc(F)cc1N. The number of methoxy groups -OCH3 is 1. The van der Waals surface area contributed by atoms with Crippen molar-refractivity contribution in [1.29, 1.82) is 0 Å². The maximum Gasteiger partial charge on any atom is 0.242 e. The molecule has 0 aliphatic heterocycles. The van der Waals surface area contributed by atoms with E-state index in [0.29, 0.717) is 0 Å². The molecule has 0 saturated heterocycles. The van der Waals surface area contributed by atoms with Crippen LogP contribution in [-0.4, -0.2) is 39.9 Å². The van der Waals surface area contributed by atoms with Crippen molar-refractivity contribution in [2.24, 2.45) is 0 Å². The van der Waals surface area contributed by atoms with Crippen LogP contribution in [0.2, 0.25) is 0 Å². The number of hydrogen-bond acceptors (Lipinski definition) is 5. The number of nitrogens with one attached hydrogen (secondary N) is 1. The third-order valence-corrected chi connectivity index (χ3v) is 3.63. The van der Waals surface area contributed by atoms with Gasteiger partial charge < -0.3 is 15.6 Å². The summed E-state index contributed by atoms with van der Waals surface area (Å²) in [7, 11) is -2.49. The molecule has 0 amide bonds. The third-order valence-electron chi connectivity index (χ3n) is 2.13. The molecule has 1 unspecified atom stereocenters. The molecular weight excluding hydrogens is 263 g/mol. The van der Waals surface area contributed by atoms with E-state index in [9.17, 15) is 17.9 Å². The molecule has 0 fully saturated rings. The minimum absolute atomic E-state index is 0.00141. The normalized spacial score (nSPS) is 13.5. The van der Waals surface area contributed by atoms with Crippen LogP contribution in [-0.2, 0) is 14.8 Å². The molecule has 0 saturated carbocycles. The molecule has 6 nitrogen and oxygen atoms in total. The van der Waals surface area contributed by atoms with Gasteiger partial charge in [0.2, 0.25) is 10.0 Å². The van der Waals surface area contributed by atoms with E-state index >= 15 is 0 Å². The summed E-state index contributed by atoms with van der Waals surface area (Å²) in [6, 6.07) is 2.98. The number of nitrogen functional groups attached to an aromatic ring is 1. The number of aliphatic hydroxyl groups is 1. The standard InChI is InChI=1S/C10H15FN2O4S/c1-17-6-8(14)5-13-18(15,16)10-3-2-7(11)4-9(10)12/h2-4,8,13-14H,5-6,12H2,1H3. The number of rotatable bonds is 6. The molecule has 0 aromatic heterocycles. The maximum absolute atomic E-state index is 12.8. The summed E-state index contributed by atoms with van der Waals surface area (Å²) in [6.07, 6.45) is -0.966. The highest BCUT2D eigenvalue weighted by atomic mass is 32.2. The molecule has 102 valence electrons. The Labute approximate surface area is 105 Å². The Morgan fingerprint density at radius 1 is 1.56 bits per heavy atom. The van der Waals surface area contributed by atoms with E-state index in [0.717, 1.165) is 18.2 Å². The fourth-order valence-electron chi connectivity index (χ4n) is 1.30. The molecule has 0 spiro atoms. The lowest BCUT2D eigenvalue weighted by Crippen LogP contribution is -2.34. The van der Waals surface area contributed by atoms with Crippen LogP contribution < -0.4 is 10.5 Å². The second-order valence-corrected chi connectivity index (χ2v) is 5.38. The zero-order valence-electron chi connectivity index (χ0n) is 9.76. The van der Waals surface area contributed by atoms with Crippen molar-refractivity contribution in [1.82, 2.24) is 4.72 Å². The number of aliphatic hydroxyl groups excluding tert-OH is 1. The van der Waals surface area contributed by atoms with Crippen molar-refractivity contribution in [3.8, 4) is 0 Å². The van der Waals surface area contributed by atoms with Gasteiger partial charge >= 0.3 is 0 Å². The smallest absolute Gasteiger partial charge is 0.242 e. The molecule has 0 radical (unpaired) electrons. The first kappa shape index (κ1) is 14.8. The molecule has 8 heteroatoms. The molecule has 1 rings (SSSR count). The Kier molecular flexibility index (Phi) is 5.03. The van der Waals surface area contributed by atoms with Crippen LogP contribution in [0.5, 0.6) is 0 Å². The zero-order valence-corrected chi connectivity index (χ0v) is 10.6. The lowest BCUT2D eigenvalue weighted by molar-refractivity contribution is 0.0679. The number of nitrogens with two attached hydrogens (primary N) is 1. The minimum atomic E-state index is -3.88. The highest BCUT2D eigenvalue weighted by Crippen LogP contribution is 2.18. The molecule has 18 heavy (non-hydrogen) atoms. The van der Waals surface area contributed by atoms with Gasteiger partial charge in [0.05, 0.1) is 18.4 Å². The summed E-state index contributed by atoms with van der Waals surface area (Å²) in [4.78, 5) is -0.228. The molecule has 0 aliphatic carbocycles. The lowest BCUT2D eigenvalue weighted by atomic mass is 10.3. The Morgan fingerprint density at radius 3 is 2.78 bits per heavy atom. The molecule has 1 atom stereocenters. The van der Waals surface area contributed by atoms with Crippen molar-refractivity contribution in [3.63, 3.8) is 0 Å². The van der Waals surface area contributed by atoms with Gasteiger partial charge in [0.25, 0.3) is 0 Å². The highest BCUT2D eigenvalue weighted by molar-refractivity contribution is 7.89. The van der Waals surface area contributed by atoms with E-state index in [1.165, 1.54) is 7.11 Å². The molecule has 0 bridgehead atoms. The summed E-state index contributed by atoms with van der Waals surface area (Å²) in [5.41, 5.74) is 5.24. The summed E-state index contributed by atoms with van der Waals surface area (Å²) >= 11 is 0. The van der Waals surface area contributed by atoms with Gasteiger partial charge in [-0.3, -0.25) is 0 Å². The van der Waals surface area contributed by atoms with Gasteiger partial charge in [-0.25, -0.2) is 17.5 Å². The number of anilines is 1. The van der Waals surface area contributed by atoms with Crippen molar-refractivity contribution in [2.45, 2.75) is 11.0 Å². The largest absolute Gasteiger partial charge is 0.398 e. The Morgan fingerprint density at radius 2 is 2.22 bits per heavy atom. The summed E-state index contributed by atoms with van der Waals surface area (Å²) < 4.78 is 43.2. The maximum atomic E-state index is 12.8. The fourth-order valence-corrected chi connectivity index (χ4v) is 2.48. The van der Waals surface area contributed by atoms with Gasteiger partial charge in [-0.15, -0.1) is 0 Å². The topological polar surface area (TPSA) is 102 Å². The zero-order chi connectivity index (χ0) is 13.8. The first-order chi connectivity index (χ1) is 8.36. The number of benzene rings is 1. The predicted octanol–water partition coefficient (Wildman–Crippen LogP) is -0.306. The first-order valence-electron chi connectivity index (χ1n) is 5.08. The van der Waals surface area contributed by atoms with Crippen LogP contribution in [0.25, 0.3) is 0 Å². The Bertz CT molecular complexity index is 507. The molecule has 1 aromatic rings. The van der Waals surface area contributed by atoms with Crippen LogP contribution in [0.15, 0.2) is 23.1 Å². The summed E-state index contributed by atoms with van der Waals surface area (Å²) in [5, 5.41) is 9.33. The Hall–Kier alpha value is -1.22. The second kappa shape index (κ2) is 6.10. The van der Waals surface area contributed by atoms with E-state index in [1.54, 1.807) is 0 Å². The first-order valence-corrected chi connectivity index (χ1v) is 6.57. The van der Waals surface area contributed by atoms with Crippen LogP contribution in [0, 0.1) is 5.82 Å². The Balaban J connectivity index is 2.80. The molecule has 1 aromatic carbocycles. The quantitative estimate of drug-likeness (QED) is 0.620. The van der Waals surface area contributed by atoms with Gasteiger partial charge in [0, 0.05) is 13.7 Å². The summed E-state index contributed by atoms with van der Waals surface area (Å²) in [5.74, 6) is -0.620. The van der Waals surface area contributed by atoms with Crippen molar-refractivity contribution < 1.29 is 22.7 Å². The van der Waals surface area contributed by atoms with Gasteiger partial charge in [-0.2, -0.15) is 0 Å². The van der Waals surface area contributed by atoms with E-state index in [1.807, 2.05) is 0 Å². The minimum Gasteiger partial charge on any atom is -0.398 e. The van der Waals surface area contributed by atoms with Gasteiger partial charge in [0.15, 0.2) is 0 Å². The number of ether oxygens (including phenoxy) is 1. The molecule has 4 N–H and O–H groups in total. The molecule has 0 heterocycles. The second-order valence-electron chi connectivity index (χ2n) is 3.64. The van der Waals surface area contributed by atoms with Gasteiger partial charge in [0.1, 0.15) is 10.7 Å². The highest BCUT2D eigenvalue weighted by Gasteiger charge is 2.18. The van der Waals surface area contributed by atoms with E-state index in [-0.39, 0.29) is 23.7 Å². The third kappa shape index (κ3) is 3.91. The van der Waals surface area contributed by atoms with E-state index < -0.39 is 21.9 Å². The molecule has 0 aliphatic rings. The van der Waals surface area contributed by atoms with Crippen LogP contribution >= 0.6 is 0 Å². The van der Waals surface area contributed by atoms with Crippen LogP contribution in [0.4, 0.5) is 10.1 Å². The van der Waals surface area contributed by atoms with Crippen molar-refractivity contribution >= 4 is 15.7 Å². The lowest BCUT2D eigenvalue weighted by Gasteiger charge is -2.12. The van der Waals surface area contributed by atoms with Crippen LogP contribution in [0.1, 0.15) is 0 Å². The van der Waals surface area contributed by atoms with E-state index in [4.69, 9.17) is 5.73 Å². The van der Waals surface area contributed by atoms with Crippen molar-refractivity contribution in [3.05, 3.63) is 24.0 Å². The monoisotopic (exact) mass is 278 g/mol. The molecular formula is C10H15FN2O4S. The van der Waals surface area contributed by atoms with Crippen molar-refractivity contribution in [2.75, 3.05) is 26.0 Å². The number of hydrogen-bond donors (Lipinski definition) is 3. The number of halogens is 1. The summed E-state index contributed by atoms with van der Waals surface area (Å²) in [6.45, 7) is -0.214. The fraction of sp³-hybridized carbons (Fsp3) is 0.400. The average Bonchev–Trinajstić information content (AvgIpc) is 2.26. The number of sulfonamides is 1. The average molecular weight is 278 g/mol. The van der Waals surface area contributed by atoms with E-state index in [2.05, 4.69) is 9.46 Å².